The van der Waals surface area contributed by atoms with E-state index in [1.54, 1.807) is 19.2 Å². The lowest BCUT2D eigenvalue weighted by Gasteiger charge is -2.13. The van der Waals surface area contributed by atoms with Crippen molar-refractivity contribution in [1.82, 2.24) is 15.6 Å². The Morgan fingerprint density at radius 3 is 2.50 bits per heavy atom. The summed E-state index contributed by atoms with van der Waals surface area (Å²) in [5.74, 6) is 1.45. The molecule has 2 amide bonds. The minimum absolute atomic E-state index is 0.0806. The van der Waals surface area contributed by atoms with E-state index < -0.39 is 0 Å². The van der Waals surface area contributed by atoms with Crippen LogP contribution < -0.4 is 25.4 Å². The molecular formula is C26H30N4O4. The molecule has 0 fully saturated rings. The van der Waals surface area contributed by atoms with Gasteiger partial charge < -0.3 is 25.4 Å². The average Bonchev–Trinajstić information content (AvgIpc) is 2.84. The molecule has 0 aliphatic rings. The van der Waals surface area contributed by atoms with Gasteiger partial charge in [0.1, 0.15) is 29.5 Å². The Bertz CT molecular complexity index is 1120. The van der Waals surface area contributed by atoms with Gasteiger partial charge in [0.2, 0.25) is 5.91 Å². The molecule has 0 saturated heterocycles. The van der Waals surface area contributed by atoms with Crippen LogP contribution in [0.4, 0.5) is 5.69 Å². The van der Waals surface area contributed by atoms with E-state index in [0.717, 1.165) is 17.7 Å². The van der Waals surface area contributed by atoms with Crippen molar-refractivity contribution in [2.75, 3.05) is 32.6 Å². The van der Waals surface area contributed by atoms with Gasteiger partial charge in [-0.25, -0.2) is 0 Å². The molecule has 8 heteroatoms. The van der Waals surface area contributed by atoms with Crippen molar-refractivity contribution in [1.29, 1.82) is 0 Å². The number of hydrogen-bond acceptors (Lipinski definition) is 6. The van der Waals surface area contributed by atoms with Crippen LogP contribution in [0.15, 0.2) is 60.8 Å². The highest BCUT2D eigenvalue weighted by atomic mass is 16.5. The van der Waals surface area contributed by atoms with Gasteiger partial charge in [0.05, 0.1) is 5.69 Å². The highest BCUT2D eigenvalue weighted by molar-refractivity contribution is 5.93. The molecule has 0 atom stereocenters. The van der Waals surface area contributed by atoms with E-state index in [4.69, 9.17) is 9.47 Å². The molecule has 0 saturated carbocycles. The van der Waals surface area contributed by atoms with Crippen molar-refractivity contribution in [2.45, 2.75) is 19.8 Å². The number of hydrogen-bond donors (Lipinski definition) is 3. The molecule has 1 aromatic heterocycles. The molecule has 0 unspecified atom stereocenters. The highest BCUT2D eigenvalue weighted by Gasteiger charge is 2.10. The summed E-state index contributed by atoms with van der Waals surface area (Å²) in [7, 11) is 3.41. The van der Waals surface area contributed by atoms with Crippen LogP contribution in [0.1, 0.15) is 28.0 Å². The molecule has 3 N–H and O–H groups in total. The normalized spacial score (nSPS) is 10.4. The number of anilines is 1. The summed E-state index contributed by atoms with van der Waals surface area (Å²) in [6.45, 7) is 3.21. The Balaban J connectivity index is 1.54. The summed E-state index contributed by atoms with van der Waals surface area (Å²) in [4.78, 5) is 28.3. The number of aryl methyl sites for hydroxylation is 2. The molecule has 1 heterocycles. The number of benzene rings is 2. The number of pyridine rings is 1. The van der Waals surface area contributed by atoms with Gasteiger partial charge in [0, 0.05) is 32.3 Å². The predicted molar refractivity (Wildman–Crippen MR) is 132 cm³/mol. The molecule has 3 aromatic rings. The zero-order chi connectivity index (χ0) is 24.3. The third-order valence-electron chi connectivity index (χ3n) is 5.01. The quantitative estimate of drug-likeness (QED) is 0.376. The molecule has 0 radical (unpaired) electrons. The Morgan fingerprint density at radius 2 is 1.76 bits per heavy atom. The van der Waals surface area contributed by atoms with Crippen molar-refractivity contribution in [3.05, 3.63) is 77.6 Å². The molecular weight excluding hydrogens is 432 g/mol. The van der Waals surface area contributed by atoms with Crippen molar-refractivity contribution >= 4 is 17.5 Å². The van der Waals surface area contributed by atoms with Crippen LogP contribution in [0.25, 0.3) is 0 Å². The molecule has 3 rings (SSSR count). The number of likely N-dealkylation sites (N-methyl/N-ethyl adjacent to an activating group) is 1. The van der Waals surface area contributed by atoms with E-state index >= 15 is 0 Å². The Hall–Kier alpha value is -3.91. The first-order valence-corrected chi connectivity index (χ1v) is 11.1. The smallest absolute Gasteiger partial charge is 0.269 e. The van der Waals surface area contributed by atoms with E-state index in [0.29, 0.717) is 42.4 Å². The second-order valence-electron chi connectivity index (χ2n) is 7.70. The van der Waals surface area contributed by atoms with Crippen LogP contribution in [0.2, 0.25) is 0 Å². The van der Waals surface area contributed by atoms with E-state index in [2.05, 4.69) is 20.9 Å². The summed E-state index contributed by atoms with van der Waals surface area (Å²) in [5, 5.41) is 8.53. The zero-order valence-corrected chi connectivity index (χ0v) is 19.7. The summed E-state index contributed by atoms with van der Waals surface area (Å²) >= 11 is 0. The maximum Gasteiger partial charge on any atom is 0.269 e. The number of carbonyl (C=O) groups excluding carboxylic acids is 2. The Kier molecular flexibility index (Phi) is 8.99. The van der Waals surface area contributed by atoms with Crippen LogP contribution >= 0.6 is 0 Å². The second-order valence-corrected chi connectivity index (χ2v) is 7.70. The second kappa shape index (κ2) is 12.4. The number of rotatable bonds is 11. The van der Waals surface area contributed by atoms with Gasteiger partial charge in [-0.05, 0) is 61.9 Å². The first kappa shape index (κ1) is 24.7. The van der Waals surface area contributed by atoms with Gasteiger partial charge in [0.25, 0.3) is 5.91 Å². The SMILES string of the molecule is CNCCOc1ccc(C)cc1NC(=O)CCc1ccc(Oc2ccnc(C(=O)NC)c2)cc1. The van der Waals surface area contributed by atoms with Gasteiger partial charge in [-0.2, -0.15) is 0 Å². The van der Waals surface area contributed by atoms with Crippen LogP contribution in [-0.4, -0.2) is 44.0 Å². The molecule has 0 aliphatic heterocycles. The fraction of sp³-hybridized carbons (Fsp3) is 0.269. The van der Waals surface area contributed by atoms with Gasteiger partial charge >= 0.3 is 0 Å². The monoisotopic (exact) mass is 462 g/mol. The van der Waals surface area contributed by atoms with Crippen LogP contribution in [0.5, 0.6) is 17.2 Å². The molecule has 0 aliphatic carbocycles. The van der Waals surface area contributed by atoms with Crippen LogP contribution in [0.3, 0.4) is 0 Å². The van der Waals surface area contributed by atoms with Crippen molar-refractivity contribution < 1.29 is 19.1 Å². The minimum Gasteiger partial charge on any atom is -0.490 e. The summed E-state index contributed by atoms with van der Waals surface area (Å²) in [6.07, 6.45) is 2.45. The van der Waals surface area contributed by atoms with Crippen molar-refractivity contribution in [3.63, 3.8) is 0 Å². The molecule has 0 bridgehead atoms. The summed E-state index contributed by atoms with van der Waals surface area (Å²) in [5.41, 5.74) is 3.02. The number of nitrogens with one attached hydrogen (secondary N) is 3. The standard InChI is InChI=1S/C26H30N4O4/c1-18-4-10-24(33-15-14-27-2)22(16-18)30-25(31)11-7-19-5-8-20(9-6-19)34-21-12-13-29-23(17-21)26(32)28-3/h4-6,8-10,12-13,16-17,27H,7,11,14-15H2,1-3H3,(H,28,32)(H,30,31). The summed E-state index contributed by atoms with van der Waals surface area (Å²) < 4.78 is 11.6. The first-order chi connectivity index (χ1) is 16.5. The van der Waals surface area contributed by atoms with E-state index in [-0.39, 0.29) is 17.5 Å². The maximum atomic E-state index is 12.6. The Labute approximate surface area is 199 Å². The summed E-state index contributed by atoms with van der Waals surface area (Å²) in [6, 6.07) is 16.5. The van der Waals surface area contributed by atoms with E-state index in [1.807, 2.05) is 56.4 Å². The fourth-order valence-corrected chi connectivity index (χ4v) is 3.19. The largest absolute Gasteiger partial charge is 0.490 e. The van der Waals surface area contributed by atoms with E-state index in [9.17, 15) is 9.59 Å². The van der Waals surface area contributed by atoms with Crippen LogP contribution in [-0.2, 0) is 11.2 Å². The van der Waals surface area contributed by atoms with Crippen molar-refractivity contribution in [3.8, 4) is 17.2 Å². The lowest BCUT2D eigenvalue weighted by atomic mass is 10.1. The number of carbonyl (C=O) groups is 2. The average molecular weight is 463 g/mol. The van der Waals surface area contributed by atoms with Crippen molar-refractivity contribution in [2.24, 2.45) is 0 Å². The van der Waals surface area contributed by atoms with Gasteiger partial charge in [0.15, 0.2) is 0 Å². The molecule has 2 aromatic carbocycles. The minimum atomic E-state index is -0.276. The zero-order valence-electron chi connectivity index (χ0n) is 19.7. The topological polar surface area (TPSA) is 102 Å². The number of aromatic nitrogens is 1. The number of ether oxygens (including phenoxy) is 2. The molecule has 34 heavy (non-hydrogen) atoms. The van der Waals surface area contributed by atoms with Gasteiger partial charge in [-0.1, -0.05) is 18.2 Å². The lowest BCUT2D eigenvalue weighted by molar-refractivity contribution is -0.116. The number of nitrogens with zero attached hydrogens (tertiary/aromatic N) is 1. The number of amides is 2. The Morgan fingerprint density at radius 1 is 0.971 bits per heavy atom. The third-order valence-corrected chi connectivity index (χ3v) is 5.01. The highest BCUT2D eigenvalue weighted by Crippen LogP contribution is 2.26. The van der Waals surface area contributed by atoms with Gasteiger partial charge in [-0.3, -0.25) is 14.6 Å². The van der Waals surface area contributed by atoms with Crippen LogP contribution in [0, 0.1) is 6.92 Å². The molecule has 8 nitrogen and oxygen atoms in total. The maximum absolute atomic E-state index is 12.6. The lowest BCUT2D eigenvalue weighted by Crippen LogP contribution is -2.18. The third kappa shape index (κ3) is 7.31. The predicted octanol–water partition coefficient (Wildman–Crippen LogP) is 3.71. The van der Waals surface area contributed by atoms with Gasteiger partial charge in [-0.15, -0.1) is 0 Å². The fourth-order valence-electron chi connectivity index (χ4n) is 3.19. The van der Waals surface area contributed by atoms with E-state index in [1.165, 1.54) is 6.20 Å². The molecule has 0 spiro atoms. The first-order valence-electron chi connectivity index (χ1n) is 11.1. The molecule has 178 valence electrons.